The van der Waals surface area contributed by atoms with Gasteiger partial charge in [0.1, 0.15) is 11.6 Å². The van der Waals surface area contributed by atoms with E-state index in [-0.39, 0.29) is 17.8 Å². The first-order valence-corrected chi connectivity index (χ1v) is 12.6. The van der Waals surface area contributed by atoms with Gasteiger partial charge in [-0.25, -0.2) is 4.39 Å². The van der Waals surface area contributed by atoms with Gasteiger partial charge in [-0.1, -0.05) is 78.9 Å². The molecule has 0 aliphatic heterocycles. The van der Waals surface area contributed by atoms with Crippen molar-refractivity contribution in [2.75, 3.05) is 0 Å². The van der Waals surface area contributed by atoms with Crippen molar-refractivity contribution in [2.45, 2.75) is 18.9 Å². The molecule has 1 amide bonds. The molecule has 0 aliphatic rings. The fourth-order valence-electron chi connectivity index (χ4n) is 3.97. The van der Waals surface area contributed by atoms with Crippen LogP contribution >= 0.6 is 11.5 Å². The van der Waals surface area contributed by atoms with Gasteiger partial charge >= 0.3 is 0 Å². The van der Waals surface area contributed by atoms with Gasteiger partial charge in [0, 0.05) is 23.5 Å². The molecule has 37 heavy (non-hydrogen) atoms. The van der Waals surface area contributed by atoms with E-state index in [1.54, 1.807) is 36.4 Å². The van der Waals surface area contributed by atoms with Crippen LogP contribution in [-0.4, -0.2) is 15.3 Å². The Morgan fingerprint density at radius 1 is 0.865 bits per heavy atom. The first kappa shape index (κ1) is 24.3. The number of amides is 1. The number of nitrogens with one attached hydrogen (secondary N) is 1. The van der Waals surface area contributed by atoms with Gasteiger partial charge in [-0.05, 0) is 53.4 Å². The summed E-state index contributed by atoms with van der Waals surface area (Å²) in [4.78, 5) is 17.7. The molecule has 0 saturated carbocycles. The van der Waals surface area contributed by atoms with Crippen LogP contribution in [0.15, 0.2) is 109 Å². The topological polar surface area (TPSA) is 64.1 Å². The fraction of sp³-hybridized carbons (Fsp3) is 0.100. The minimum atomic E-state index is -0.280. The Morgan fingerprint density at radius 3 is 2.35 bits per heavy atom. The van der Waals surface area contributed by atoms with Crippen molar-refractivity contribution < 1.29 is 13.9 Å². The lowest BCUT2D eigenvalue weighted by molar-refractivity contribution is 0.0936. The molecule has 0 saturated heterocycles. The molecule has 0 fully saturated rings. The molecule has 1 heterocycles. The number of hydrogen-bond acceptors (Lipinski definition) is 5. The standard InChI is InChI=1S/C30H24FN3O2S/c31-25-16-14-22(15-17-25)19-28-33-30(37-34-28)36-26-13-7-12-24(20-26)29(35)32-27(23-10-5-2-6-11-23)18-21-8-3-1-4-9-21/h1-17,20,27H,18-19H2,(H,32,35). The quantitative estimate of drug-likeness (QED) is 0.238. The average molecular weight is 510 g/mol. The van der Waals surface area contributed by atoms with Crippen LogP contribution in [0.25, 0.3) is 0 Å². The summed E-state index contributed by atoms with van der Waals surface area (Å²) in [5.74, 6) is 0.617. The van der Waals surface area contributed by atoms with Crippen molar-refractivity contribution in [2.24, 2.45) is 0 Å². The maximum Gasteiger partial charge on any atom is 0.298 e. The van der Waals surface area contributed by atoms with Crippen LogP contribution < -0.4 is 10.1 Å². The Kier molecular flexibility index (Phi) is 7.62. The third-order valence-corrected chi connectivity index (χ3v) is 6.45. The van der Waals surface area contributed by atoms with Crippen molar-refractivity contribution in [3.05, 3.63) is 143 Å². The van der Waals surface area contributed by atoms with Crippen LogP contribution in [0.2, 0.25) is 0 Å². The Bertz CT molecular complexity index is 1460. The van der Waals surface area contributed by atoms with Crippen LogP contribution in [0, 0.1) is 5.82 Å². The molecule has 1 unspecified atom stereocenters. The third kappa shape index (κ3) is 6.65. The van der Waals surface area contributed by atoms with Crippen molar-refractivity contribution in [3.63, 3.8) is 0 Å². The van der Waals surface area contributed by atoms with E-state index in [2.05, 4.69) is 26.8 Å². The molecule has 4 aromatic carbocycles. The van der Waals surface area contributed by atoms with Crippen molar-refractivity contribution in [1.29, 1.82) is 0 Å². The lowest BCUT2D eigenvalue weighted by atomic mass is 9.98. The van der Waals surface area contributed by atoms with Crippen LogP contribution in [0.3, 0.4) is 0 Å². The first-order chi connectivity index (χ1) is 18.1. The average Bonchev–Trinajstić information content (AvgIpc) is 3.37. The SMILES string of the molecule is O=C(NC(Cc1ccccc1)c1ccccc1)c1cccc(Oc2nc(Cc3ccc(F)cc3)ns2)c1. The molecule has 7 heteroatoms. The number of carbonyl (C=O) groups is 1. The zero-order chi connectivity index (χ0) is 25.5. The molecule has 1 N–H and O–H groups in total. The van der Waals surface area contributed by atoms with E-state index >= 15 is 0 Å². The lowest BCUT2D eigenvalue weighted by Gasteiger charge is -2.20. The zero-order valence-electron chi connectivity index (χ0n) is 19.9. The van der Waals surface area contributed by atoms with Gasteiger partial charge < -0.3 is 10.1 Å². The van der Waals surface area contributed by atoms with Crippen LogP contribution in [-0.2, 0) is 12.8 Å². The van der Waals surface area contributed by atoms with Crippen molar-refractivity contribution >= 4 is 17.4 Å². The maximum atomic E-state index is 13.2. The zero-order valence-corrected chi connectivity index (χ0v) is 20.7. The summed E-state index contributed by atoms with van der Waals surface area (Å²) in [6, 6.07) is 33.1. The van der Waals surface area contributed by atoms with E-state index in [0.717, 1.165) is 28.2 Å². The second-order valence-corrected chi connectivity index (χ2v) is 9.25. The summed E-state index contributed by atoms with van der Waals surface area (Å²) in [5, 5.41) is 3.55. The van der Waals surface area contributed by atoms with Gasteiger partial charge in [-0.15, -0.1) is 0 Å². The smallest absolute Gasteiger partial charge is 0.298 e. The van der Waals surface area contributed by atoms with Gasteiger partial charge in [0.2, 0.25) is 0 Å². The molecule has 0 aliphatic carbocycles. The Labute approximate surface area is 218 Å². The van der Waals surface area contributed by atoms with Gasteiger partial charge in [0.15, 0.2) is 5.82 Å². The van der Waals surface area contributed by atoms with Crippen LogP contribution in [0.5, 0.6) is 10.9 Å². The van der Waals surface area contributed by atoms with E-state index in [1.807, 2.05) is 48.5 Å². The van der Waals surface area contributed by atoms with Gasteiger partial charge in [-0.2, -0.15) is 9.36 Å². The highest BCUT2D eigenvalue weighted by Gasteiger charge is 2.17. The second-order valence-electron chi connectivity index (χ2n) is 8.54. The number of nitrogens with zero attached hydrogens (tertiary/aromatic N) is 2. The van der Waals surface area contributed by atoms with Crippen molar-refractivity contribution in [3.8, 4) is 10.9 Å². The summed E-state index contributed by atoms with van der Waals surface area (Å²) in [5.41, 5.74) is 3.58. The molecule has 5 nitrogen and oxygen atoms in total. The van der Waals surface area contributed by atoms with Gasteiger partial charge in [0.05, 0.1) is 6.04 Å². The number of rotatable bonds is 9. The minimum absolute atomic E-state index is 0.183. The second kappa shape index (κ2) is 11.6. The Morgan fingerprint density at radius 2 is 1.59 bits per heavy atom. The highest BCUT2D eigenvalue weighted by molar-refractivity contribution is 7.07. The van der Waals surface area contributed by atoms with Gasteiger partial charge in [-0.3, -0.25) is 4.79 Å². The number of hydrogen-bond donors (Lipinski definition) is 1. The molecule has 0 radical (unpaired) electrons. The molecule has 0 bridgehead atoms. The maximum absolute atomic E-state index is 13.2. The van der Waals surface area contributed by atoms with E-state index in [4.69, 9.17) is 4.74 Å². The number of carbonyl (C=O) groups excluding carboxylic acids is 1. The number of ether oxygens (including phenoxy) is 1. The van der Waals surface area contributed by atoms with E-state index < -0.39 is 0 Å². The fourth-order valence-corrected chi connectivity index (χ4v) is 4.54. The minimum Gasteiger partial charge on any atom is -0.430 e. The van der Waals surface area contributed by atoms with E-state index in [1.165, 1.54) is 12.1 Å². The Hall–Kier alpha value is -4.36. The van der Waals surface area contributed by atoms with E-state index in [0.29, 0.717) is 35.2 Å². The summed E-state index contributed by atoms with van der Waals surface area (Å²) in [6.07, 6.45) is 1.15. The lowest BCUT2D eigenvalue weighted by Crippen LogP contribution is -2.30. The summed E-state index contributed by atoms with van der Waals surface area (Å²) in [6.45, 7) is 0. The predicted molar refractivity (Wildman–Crippen MR) is 142 cm³/mol. The predicted octanol–water partition coefficient (Wildman–Crippen LogP) is 6.77. The molecule has 5 aromatic rings. The number of benzene rings is 4. The van der Waals surface area contributed by atoms with Crippen molar-refractivity contribution in [1.82, 2.24) is 14.7 Å². The normalized spacial score (nSPS) is 11.6. The Balaban J connectivity index is 1.27. The number of aromatic nitrogens is 2. The molecular weight excluding hydrogens is 485 g/mol. The molecule has 0 spiro atoms. The van der Waals surface area contributed by atoms with Crippen LogP contribution in [0.4, 0.5) is 4.39 Å². The molecule has 184 valence electrons. The summed E-state index contributed by atoms with van der Waals surface area (Å²) in [7, 11) is 0. The highest BCUT2D eigenvalue weighted by atomic mass is 32.1. The molecular formula is C30H24FN3O2S. The van der Waals surface area contributed by atoms with Crippen LogP contribution in [0.1, 0.15) is 38.9 Å². The molecule has 1 atom stereocenters. The summed E-state index contributed by atoms with van der Waals surface area (Å²) < 4.78 is 23.4. The van der Waals surface area contributed by atoms with E-state index in [9.17, 15) is 9.18 Å². The monoisotopic (exact) mass is 509 g/mol. The molecule has 5 rings (SSSR count). The highest BCUT2D eigenvalue weighted by Crippen LogP contribution is 2.26. The first-order valence-electron chi connectivity index (χ1n) is 11.9. The largest absolute Gasteiger partial charge is 0.430 e. The number of halogens is 1. The third-order valence-electron chi connectivity index (χ3n) is 5.82. The summed E-state index contributed by atoms with van der Waals surface area (Å²) >= 11 is 1.13. The molecule has 1 aromatic heterocycles. The van der Waals surface area contributed by atoms with Gasteiger partial charge in [0.25, 0.3) is 11.1 Å².